The molecular weight excluding hydrogens is 362 g/mol. The highest BCUT2D eigenvalue weighted by Crippen LogP contribution is 2.30. The van der Waals surface area contributed by atoms with E-state index >= 15 is 0 Å². The van der Waals surface area contributed by atoms with Crippen LogP contribution in [0, 0.1) is 0 Å². The molecule has 1 atom stereocenters. The second-order valence-electron chi connectivity index (χ2n) is 7.03. The number of sulfonamides is 1. The summed E-state index contributed by atoms with van der Waals surface area (Å²) in [5.41, 5.74) is 3.25. The van der Waals surface area contributed by atoms with Gasteiger partial charge in [0.05, 0.1) is 18.0 Å². The van der Waals surface area contributed by atoms with Crippen LogP contribution in [0.1, 0.15) is 27.5 Å². The molecule has 0 saturated heterocycles. The molecule has 3 rings (SSSR count). The number of fused-ring (bicyclic) bond motifs is 1. The molecule has 2 aromatic rings. The molecular formula is C20H25N3O3S. The predicted molar refractivity (Wildman–Crippen MR) is 108 cm³/mol. The molecule has 0 aromatic heterocycles. The number of anilines is 1. The predicted octanol–water partition coefficient (Wildman–Crippen LogP) is 2.04. The van der Waals surface area contributed by atoms with Gasteiger partial charge in [0.1, 0.15) is 0 Å². The summed E-state index contributed by atoms with van der Waals surface area (Å²) in [5, 5.41) is 3.00. The summed E-state index contributed by atoms with van der Waals surface area (Å²) < 4.78 is 25.1. The van der Waals surface area contributed by atoms with Crippen molar-refractivity contribution in [3.05, 3.63) is 65.2 Å². The van der Waals surface area contributed by atoms with Crippen molar-refractivity contribution >= 4 is 21.6 Å². The first kappa shape index (κ1) is 19.4. The number of carbonyl (C=O) groups is 1. The average molecular weight is 388 g/mol. The SMILES string of the molecule is CN(C)C(CNC(=O)c1ccc2c(c1)CCN2S(C)(=O)=O)c1ccccc1. The zero-order chi connectivity index (χ0) is 19.6. The molecule has 0 spiro atoms. The lowest BCUT2D eigenvalue weighted by molar-refractivity contribution is 0.0942. The maximum Gasteiger partial charge on any atom is 0.251 e. The van der Waals surface area contributed by atoms with Crippen LogP contribution < -0.4 is 9.62 Å². The monoisotopic (exact) mass is 387 g/mol. The highest BCUT2D eigenvalue weighted by atomic mass is 32.2. The fourth-order valence-electron chi connectivity index (χ4n) is 3.42. The molecule has 27 heavy (non-hydrogen) atoms. The van der Waals surface area contributed by atoms with Gasteiger partial charge in [-0.3, -0.25) is 9.10 Å². The minimum absolute atomic E-state index is 0.0744. The van der Waals surface area contributed by atoms with E-state index in [1.807, 2.05) is 44.4 Å². The van der Waals surface area contributed by atoms with Gasteiger partial charge in [-0.2, -0.15) is 0 Å². The average Bonchev–Trinajstić information content (AvgIpc) is 3.06. The Balaban J connectivity index is 1.72. The Morgan fingerprint density at radius 1 is 1.19 bits per heavy atom. The second-order valence-corrected chi connectivity index (χ2v) is 8.94. The molecule has 0 bridgehead atoms. The quantitative estimate of drug-likeness (QED) is 0.824. The van der Waals surface area contributed by atoms with Gasteiger partial charge in [-0.05, 0) is 49.8 Å². The number of rotatable bonds is 6. The Morgan fingerprint density at radius 3 is 2.52 bits per heavy atom. The lowest BCUT2D eigenvalue weighted by atomic mass is 10.1. The first-order chi connectivity index (χ1) is 12.8. The zero-order valence-corrected chi connectivity index (χ0v) is 16.7. The van der Waals surface area contributed by atoms with Crippen molar-refractivity contribution in [2.45, 2.75) is 12.5 Å². The number of carbonyl (C=O) groups excluding carboxylic acids is 1. The van der Waals surface area contributed by atoms with Crippen molar-refractivity contribution in [3.8, 4) is 0 Å². The van der Waals surface area contributed by atoms with Crippen molar-refractivity contribution in [2.24, 2.45) is 0 Å². The summed E-state index contributed by atoms with van der Waals surface area (Å²) >= 11 is 0. The van der Waals surface area contributed by atoms with E-state index < -0.39 is 10.0 Å². The van der Waals surface area contributed by atoms with Gasteiger partial charge in [0.2, 0.25) is 10.0 Å². The maximum absolute atomic E-state index is 12.6. The number of benzene rings is 2. The third-order valence-corrected chi connectivity index (χ3v) is 6.04. The first-order valence-corrected chi connectivity index (χ1v) is 10.7. The van der Waals surface area contributed by atoms with Crippen LogP contribution in [0.15, 0.2) is 48.5 Å². The van der Waals surface area contributed by atoms with Crippen LogP contribution in [0.3, 0.4) is 0 Å². The summed E-state index contributed by atoms with van der Waals surface area (Å²) in [4.78, 5) is 14.7. The molecule has 1 unspecified atom stereocenters. The van der Waals surface area contributed by atoms with Gasteiger partial charge >= 0.3 is 0 Å². The van der Waals surface area contributed by atoms with E-state index in [-0.39, 0.29) is 11.9 Å². The fraction of sp³-hybridized carbons (Fsp3) is 0.350. The van der Waals surface area contributed by atoms with Crippen LogP contribution in [-0.4, -0.2) is 52.7 Å². The lowest BCUT2D eigenvalue weighted by Crippen LogP contribution is -2.34. The fourth-order valence-corrected chi connectivity index (χ4v) is 4.38. The smallest absolute Gasteiger partial charge is 0.251 e. The molecule has 1 heterocycles. The van der Waals surface area contributed by atoms with Crippen LogP contribution in [0.2, 0.25) is 0 Å². The Bertz CT molecular complexity index is 927. The van der Waals surface area contributed by atoms with Crippen molar-refractivity contribution < 1.29 is 13.2 Å². The molecule has 0 radical (unpaired) electrons. The highest BCUT2D eigenvalue weighted by molar-refractivity contribution is 7.92. The minimum atomic E-state index is -3.28. The molecule has 1 N–H and O–H groups in total. The van der Waals surface area contributed by atoms with Crippen molar-refractivity contribution in [3.63, 3.8) is 0 Å². The molecule has 1 aliphatic heterocycles. The standard InChI is InChI=1S/C20H25N3O3S/c1-22(2)19(15-7-5-4-6-8-15)14-21-20(24)17-9-10-18-16(13-17)11-12-23(18)27(3,25)26/h4-10,13,19H,11-12,14H2,1-3H3,(H,21,24). The maximum atomic E-state index is 12.6. The zero-order valence-electron chi connectivity index (χ0n) is 15.8. The molecule has 2 aromatic carbocycles. The second kappa shape index (κ2) is 7.70. The van der Waals surface area contributed by atoms with E-state index in [1.165, 1.54) is 10.6 Å². The molecule has 0 aliphatic carbocycles. The lowest BCUT2D eigenvalue weighted by Gasteiger charge is -2.25. The van der Waals surface area contributed by atoms with Crippen LogP contribution >= 0.6 is 0 Å². The van der Waals surface area contributed by atoms with Gasteiger partial charge in [-0.25, -0.2) is 8.42 Å². The number of nitrogens with one attached hydrogen (secondary N) is 1. The largest absolute Gasteiger partial charge is 0.350 e. The third-order valence-electron chi connectivity index (χ3n) is 4.86. The molecule has 144 valence electrons. The summed E-state index contributed by atoms with van der Waals surface area (Å²) in [6.07, 6.45) is 1.82. The summed E-state index contributed by atoms with van der Waals surface area (Å²) in [5.74, 6) is -0.154. The summed E-state index contributed by atoms with van der Waals surface area (Å²) in [7, 11) is 0.687. The number of amides is 1. The molecule has 7 heteroatoms. The number of hydrogen-bond donors (Lipinski definition) is 1. The van der Waals surface area contributed by atoms with Crippen LogP contribution in [0.5, 0.6) is 0 Å². The molecule has 0 saturated carbocycles. The van der Waals surface area contributed by atoms with E-state index in [1.54, 1.807) is 18.2 Å². The third kappa shape index (κ3) is 4.31. The van der Waals surface area contributed by atoms with E-state index in [0.717, 1.165) is 11.1 Å². The Hall–Kier alpha value is -2.38. The van der Waals surface area contributed by atoms with E-state index in [2.05, 4.69) is 10.2 Å². The van der Waals surface area contributed by atoms with Crippen LogP contribution in [0.4, 0.5) is 5.69 Å². The topological polar surface area (TPSA) is 69.7 Å². The van der Waals surface area contributed by atoms with Gasteiger partial charge in [-0.1, -0.05) is 30.3 Å². The number of hydrogen-bond acceptors (Lipinski definition) is 4. The van der Waals surface area contributed by atoms with Gasteiger partial charge in [0, 0.05) is 18.7 Å². The molecule has 6 nitrogen and oxygen atoms in total. The van der Waals surface area contributed by atoms with Gasteiger partial charge in [0.15, 0.2) is 0 Å². The van der Waals surface area contributed by atoms with Crippen LogP contribution in [-0.2, 0) is 16.4 Å². The van der Waals surface area contributed by atoms with Gasteiger partial charge in [0.25, 0.3) is 5.91 Å². The Morgan fingerprint density at radius 2 is 1.89 bits per heavy atom. The normalized spacial score (nSPS) is 14.9. The van der Waals surface area contributed by atoms with Crippen molar-refractivity contribution in [1.29, 1.82) is 0 Å². The van der Waals surface area contributed by atoms with E-state index in [4.69, 9.17) is 0 Å². The number of nitrogens with zero attached hydrogens (tertiary/aromatic N) is 2. The van der Waals surface area contributed by atoms with Crippen molar-refractivity contribution in [2.75, 3.05) is 37.7 Å². The van der Waals surface area contributed by atoms with E-state index in [9.17, 15) is 13.2 Å². The van der Waals surface area contributed by atoms with Gasteiger partial charge < -0.3 is 10.2 Å². The molecule has 1 aliphatic rings. The number of likely N-dealkylation sites (N-methyl/N-ethyl adjacent to an activating group) is 1. The molecule has 1 amide bonds. The summed E-state index contributed by atoms with van der Waals surface area (Å²) in [6, 6.07) is 15.3. The Kier molecular flexibility index (Phi) is 5.53. The minimum Gasteiger partial charge on any atom is -0.350 e. The van der Waals surface area contributed by atoms with Gasteiger partial charge in [-0.15, -0.1) is 0 Å². The molecule has 0 fully saturated rings. The highest BCUT2D eigenvalue weighted by Gasteiger charge is 2.27. The summed E-state index contributed by atoms with van der Waals surface area (Å²) in [6.45, 7) is 0.915. The van der Waals surface area contributed by atoms with Crippen LogP contribution in [0.25, 0.3) is 0 Å². The van der Waals surface area contributed by atoms with E-state index in [0.29, 0.717) is 30.8 Å². The van der Waals surface area contributed by atoms with Crippen molar-refractivity contribution in [1.82, 2.24) is 10.2 Å². The first-order valence-electron chi connectivity index (χ1n) is 8.87. The Labute approximate surface area is 160 Å².